The molecule has 0 atom stereocenters. The highest BCUT2D eigenvalue weighted by molar-refractivity contribution is 7.12. The number of amides is 1. The van der Waals surface area contributed by atoms with Gasteiger partial charge in [0.25, 0.3) is 5.91 Å². The number of aromatic nitrogens is 1. The van der Waals surface area contributed by atoms with E-state index in [0.717, 1.165) is 31.9 Å². The van der Waals surface area contributed by atoms with E-state index in [2.05, 4.69) is 20.1 Å². The summed E-state index contributed by atoms with van der Waals surface area (Å²) in [4.78, 5) is 21.4. The summed E-state index contributed by atoms with van der Waals surface area (Å²) in [6.45, 7) is 3.07. The molecule has 1 fully saturated rings. The number of nitrogens with one attached hydrogen (secondary N) is 1. The lowest BCUT2D eigenvalue weighted by Crippen LogP contribution is -2.46. The zero-order valence-electron chi connectivity index (χ0n) is 14.6. The molecular weight excluding hydrogens is 363 g/mol. The molecule has 3 heterocycles. The molecule has 1 aliphatic rings. The highest BCUT2D eigenvalue weighted by Crippen LogP contribution is 2.23. The first-order chi connectivity index (χ1) is 13.2. The monoisotopic (exact) mass is 382 g/mol. The van der Waals surface area contributed by atoms with Crippen molar-refractivity contribution in [1.82, 2.24) is 4.98 Å². The Morgan fingerprint density at radius 1 is 1.00 bits per heavy atom. The number of nitrogens with zero attached hydrogens (tertiary/aromatic N) is 3. The molecule has 1 N–H and O–H groups in total. The van der Waals surface area contributed by atoms with E-state index in [9.17, 15) is 9.18 Å². The fraction of sp³-hybridized carbons (Fsp3) is 0.200. The Hall–Kier alpha value is -2.93. The summed E-state index contributed by atoms with van der Waals surface area (Å²) >= 11 is 1.40. The molecule has 0 saturated carbocycles. The standard InChI is InChI=1S/C20H19FN4OS/c21-16-4-1-2-5-17(16)25-11-9-24(10-12-25)15-7-8-19(22-14-15)23-20(26)18-6-3-13-27-18/h1-8,13-14H,9-12H2,(H,22,23,26). The molecule has 27 heavy (non-hydrogen) atoms. The Kier molecular flexibility index (Phi) is 5.02. The maximum atomic E-state index is 13.9. The van der Waals surface area contributed by atoms with Gasteiger partial charge in [-0.3, -0.25) is 4.79 Å². The van der Waals surface area contributed by atoms with E-state index in [1.165, 1.54) is 17.4 Å². The van der Waals surface area contributed by atoms with Crippen LogP contribution in [0.2, 0.25) is 0 Å². The topological polar surface area (TPSA) is 48.5 Å². The highest BCUT2D eigenvalue weighted by atomic mass is 32.1. The van der Waals surface area contributed by atoms with Crippen LogP contribution in [-0.4, -0.2) is 37.1 Å². The van der Waals surface area contributed by atoms with Crippen molar-refractivity contribution in [3.63, 3.8) is 0 Å². The van der Waals surface area contributed by atoms with Crippen molar-refractivity contribution >= 4 is 34.4 Å². The van der Waals surface area contributed by atoms with Crippen molar-refractivity contribution in [2.24, 2.45) is 0 Å². The lowest BCUT2D eigenvalue weighted by Gasteiger charge is -2.37. The van der Waals surface area contributed by atoms with Crippen LogP contribution in [0.5, 0.6) is 0 Å². The molecule has 0 bridgehead atoms. The second-order valence-corrected chi connectivity index (χ2v) is 7.21. The summed E-state index contributed by atoms with van der Waals surface area (Å²) in [6, 6.07) is 14.3. The van der Waals surface area contributed by atoms with Crippen LogP contribution >= 0.6 is 11.3 Å². The zero-order valence-corrected chi connectivity index (χ0v) is 15.5. The predicted octanol–water partition coefficient (Wildman–Crippen LogP) is 3.86. The summed E-state index contributed by atoms with van der Waals surface area (Å²) < 4.78 is 13.9. The van der Waals surface area contributed by atoms with Gasteiger partial charge in [0.2, 0.25) is 0 Å². The van der Waals surface area contributed by atoms with Gasteiger partial charge in [0, 0.05) is 26.2 Å². The summed E-state index contributed by atoms with van der Waals surface area (Å²) in [5, 5.41) is 4.67. The largest absolute Gasteiger partial charge is 0.367 e. The van der Waals surface area contributed by atoms with Gasteiger partial charge in [0.15, 0.2) is 0 Å². The molecule has 138 valence electrons. The third-order valence-corrected chi connectivity index (χ3v) is 5.44. The van der Waals surface area contributed by atoms with Crippen LogP contribution in [0.15, 0.2) is 60.1 Å². The molecule has 0 radical (unpaired) electrons. The minimum absolute atomic E-state index is 0.149. The average Bonchev–Trinajstić information content (AvgIpc) is 3.24. The lowest BCUT2D eigenvalue weighted by molar-refractivity contribution is 0.103. The minimum Gasteiger partial charge on any atom is -0.367 e. The second kappa shape index (κ2) is 7.75. The van der Waals surface area contributed by atoms with Gasteiger partial charge in [-0.05, 0) is 35.7 Å². The van der Waals surface area contributed by atoms with Crippen molar-refractivity contribution in [1.29, 1.82) is 0 Å². The van der Waals surface area contributed by atoms with E-state index >= 15 is 0 Å². The number of rotatable bonds is 4. The number of carbonyl (C=O) groups is 1. The summed E-state index contributed by atoms with van der Waals surface area (Å²) in [7, 11) is 0. The van der Waals surface area contributed by atoms with E-state index in [0.29, 0.717) is 16.4 Å². The number of piperazine rings is 1. The Balaban J connectivity index is 1.36. The first-order valence-corrected chi connectivity index (χ1v) is 9.64. The number of hydrogen-bond acceptors (Lipinski definition) is 5. The fourth-order valence-corrected chi connectivity index (χ4v) is 3.77. The summed E-state index contributed by atoms with van der Waals surface area (Å²) in [6.07, 6.45) is 1.77. The third kappa shape index (κ3) is 3.93. The van der Waals surface area contributed by atoms with Gasteiger partial charge in [0.1, 0.15) is 11.6 Å². The van der Waals surface area contributed by atoms with Crippen LogP contribution in [0.25, 0.3) is 0 Å². The van der Waals surface area contributed by atoms with Crippen LogP contribution in [0.1, 0.15) is 9.67 Å². The van der Waals surface area contributed by atoms with Crippen LogP contribution in [0.3, 0.4) is 0 Å². The first kappa shape index (κ1) is 17.5. The van der Waals surface area contributed by atoms with Crippen molar-refractivity contribution in [2.75, 3.05) is 41.3 Å². The van der Waals surface area contributed by atoms with Crippen molar-refractivity contribution in [2.45, 2.75) is 0 Å². The molecule has 7 heteroatoms. The van der Waals surface area contributed by atoms with Gasteiger partial charge in [-0.1, -0.05) is 18.2 Å². The molecule has 2 aromatic heterocycles. The maximum Gasteiger partial charge on any atom is 0.266 e. The van der Waals surface area contributed by atoms with Crippen LogP contribution in [0, 0.1) is 5.82 Å². The van der Waals surface area contributed by atoms with Crippen LogP contribution < -0.4 is 15.1 Å². The maximum absolute atomic E-state index is 13.9. The smallest absolute Gasteiger partial charge is 0.266 e. The number of thiophene rings is 1. The normalized spacial score (nSPS) is 14.3. The molecule has 0 aliphatic carbocycles. The molecule has 5 nitrogen and oxygen atoms in total. The average molecular weight is 382 g/mol. The number of benzene rings is 1. The van der Waals surface area contributed by atoms with Crippen molar-refractivity contribution in [3.8, 4) is 0 Å². The molecule has 1 amide bonds. The summed E-state index contributed by atoms with van der Waals surface area (Å²) in [5.41, 5.74) is 1.65. The number of halogens is 1. The zero-order chi connectivity index (χ0) is 18.6. The van der Waals surface area contributed by atoms with Gasteiger partial charge in [-0.2, -0.15) is 0 Å². The molecule has 4 rings (SSSR count). The van der Waals surface area contributed by atoms with E-state index in [1.54, 1.807) is 18.3 Å². The number of anilines is 3. The molecule has 1 aromatic carbocycles. The van der Waals surface area contributed by atoms with Gasteiger partial charge < -0.3 is 15.1 Å². The number of para-hydroxylation sites is 1. The van der Waals surface area contributed by atoms with E-state index in [4.69, 9.17) is 0 Å². The highest BCUT2D eigenvalue weighted by Gasteiger charge is 2.19. The molecule has 0 unspecified atom stereocenters. The Labute approximate surface area is 161 Å². The SMILES string of the molecule is O=C(Nc1ccc(N2CCN(c3ccccc3F)CC2)cn1)c1cccs1. The van der Waals surface area contributed by atoms with Gasteiger partial charge in [-0.15, -0.1) is 11.3 Å². The van der Waals surface area contributed by atoms with E-state index in [1.807, 2.05) is 35.7 Å². The van der Waals surface area contributed by atoms with Crippen molar-refractivity contribution in [3.05, 3.63) is 70.8 Å². The Morgan fingerprint density at radius 2 is 1.78 bits per heavy atom. The molecule has 1 aliphatic heterocycles. The summed E-state index contributed by atoms with van der Waals surface area (Å²) in [5.74, 6) is 0.198. The predicted molar refractivity (Wildman–Crippen MR) is 107 cm³/mol. The first-order valence-electron chi connectivity index (χ1n) is 8.76. The number of hydrogen-bond donors (Lipinski definition) is 1. The second-order valence-electron chi connectivity index (χ2n) is 6.26. The Bertz CT molecular complexity index is 906. The van der Waals surface area contributed by atoms with Gasteiger partial charge in [0.05, 0.1) is 22.4 Å². The lowest BCUT2D eigenvalue weighted by atomic mass is 10.2. The minimum atomic E-state index is -0.182. The van der Waals surface area contributed by atoms with E-state index < -0.39 is 0 Å². The third-order valence-electron chi connectivity index (χ3n) is 4.57. The number of pyridine rings is 1. The van der Waals surface area contributed by atoms with Gasteiger partial charge >= 0.3 is 0 Å². The van der Waals surface area contributed by atoms with Gasteiger partial charge in [-0.25, -0.2) is 9.37 Å². The van der Waals surface area contributed by atoms with Crippen molar-refractivity contribution < 1.29 is 9.18 Å². The van der Waals surface area contributed by atoms with Crippen LogP contribution in [-0.2, 0) is 0 Å². The molecule has 1 saturated heterocycles. The molecule has 0 spiro atoms. The molecular formula is C20H19FN4OS. The Morgan fingerprint density at radius 3 is 2.44 bits per heavy atom. The quantitative estimate of drug-likeness (QED) is 0.744. The fourth-order valence-electron chi connectivity index (χ4n) is 3.15. The molecule has 3 aromatic rings. The number of carbonyl (C=O) groups excluding carboxylic acids is 1. The van der Waals surface area contributed by atoms with E-state index in [-0.39, 0.29) is 11.7 Å². The van der Waals surface area contributed by atoms with Crippen LogP contribution in [0.4, 0.5) is 21.6 Å².